The Labute approximate surface area is 178 Å². The van der Waals surface area contributed by atoms with E-state index in [-0.39, 0.29) is 30.7 Å². The summed E-state index contributed by atoms with van der Waals surface area (Å²) >= 11 is 18.2. The number of benzene rings is 1. The number of alkyl halides is 3. The highest BCUT2D eigenvalue weighted by atomic mass is 35.5. The first-order chi connectivity index (χ1) is 13.0. The maximum absolute atomic E-state index is 13.6. The molecule has 0 spiro atoms. The van der Waals surface area contributed by atoms with Gasteiger partial charge in [-0.25, -0.2) is 0 Å². The summed E-state index contributed by atoms with van der Waals surface area (Å²) in [5.41, 5.74) is -1.11. The minimum Gasteiger partial charge on any atom is -0.352 e. The molecule has 2 aromatic rings. The molecule has 0 aliphatic carbocycles. The summed E-state index contributed by atoms with van der Waals surface area (Å²) in [6.45, 7) is 3.72. The van der Waals surface area contributed by atoms with Crippen LogP contribution in [0.15, 0.2) is 24.3 Å². The molecule has 2 rings (SSSR count). The Kier molecular flexibility index (Phi) is 7.20. The van der Waals surface area contributed by atoms with Crippen LogP contribution in [0.25, 0.3) is 5.57 Å². The van der Waals surface area contributed by atoms with Crippen LogP contribution < -0.4 is 5.32 Å². The van der Waals surface area contributed by atoms with Gasteiger partial charge in [-0.2, -0.15) is 13.2 Å². The summed E-state index contributed by atoms with van der Waals surface area (Å²) in [5.74, 6) is -1.28. The number of amides is 1. The molecule has 150 valence electrons. The molecule has 1 heterocycles. The van der Waals surface area contributed by atoms with Gasteiger partial charge in [0.25, 0.3) is 5.91 Å². The van der Waals surface area contributed by atoms with E-state index in [1.54, 1.807) is 13.8 Å². The lowest BCUT2D eigenvalue weighted by Crippen LogP contribution is -2.22. The van der Waals surface area contributed by atoms with Gasteiger partial charge < -0.3 is 5.32 Å². The van der Waals surface area contributed by atoms with Gasteiger partial charge in [-0.3, -0.25) is 9.59 Å². The SMILES string of the molecule is CCNC(=O)c1sc(C(=O)/C=C(/c2cc(Cl)c(Cl)c(Cl)c2)C(F)(F)F)cc1C. The average molecular weight is 471 g/mol. The topological polar surface area (TPSA) is 46.2 Å². The molecular weight excluding hydrogens is 458 g/mol. The summed E-state index contributed by atoms with van der Waals surface area (Å²) in [4.78, 5) is 24.7. The van der Waals surface area contributed by atoms with Gasteiger partial charge in [0, 0.05) is 6.54 Å². The Hall–Kier alpha value is -1.54. The number of rotatable bonds is 5. The molecule has 1 N–H and O–H groups in total. The van der Waals surface area contributed by atoms with Gasteiger partial charge in [0.05, 0.1) is 30.4 Å². The van der Waals surface area contributed by atoms with Crippen LogP contribution in [0.4, 0.5) is 13.2 Å². The van der Waals surface area contributed by atoms with E-state index >= 15 is 0 Å². The molecule has 0 saturated carbocycles. The van der Waals surface area contributed by atoms with Gasteiger partial charge in [-0.1, -0.05) is 34.8 Å². The Balaban J connectivity index is 2.50. The highest BCUT2D eigenvalue weighted by molar-refractivity contribution is 7.16. The van der Waals surface area contributed by atoms with Crippen LogP contribution >= 0.6 is 46.1 Å². The van der Waals surface area contributed by atoms with Crippen molar-refractivity contribution in [3.05, 3.63) is 60.2 Å². The number of hydrogen-bond donors (Lipinski definition) is 1. The second-order valence-electron chi connectivity index (χ2n) is 5.66. The maximum Gasteiger partial charge on any atom is 0.417 e. The maximum atomic E-state index is 13.6. The molecule has 0 unspecified atom stereocenters. The average Bonchev–Trinajstić information content (AvgIpc) is 2.98. The van der Waals surface area contributed by atoms with E-state index in [4.69, 9.17) is 34.8 Å². The van der Waals surface area contributed by atoms with Crippen molar-refractivity contribution in [1.82, 2.24) is 5.32 Å². The van der Waals surface area contributed by atoms with Crippen molar-refractivity contribution in [3.63, 3.8) is 0 Å². The Morgan fingerprint density at radius 2 is 1.71 bits per heavy atom. The number of ketones is 1. The number of thiophene rings is 1. The normalized spacial score (nSPS) is 12.2. The lowest BCUT2D eigenvalue weighted by Gasteiger charge is -2.13. The molecule has 0 radical (unpaired) electrons. The van der Waals surface area contributed by atoms with Crippen molar-refractivity contribution in [2.45, 2.75) is 20.0 Å². The Morgan fingerprint density at radius 3 is 2.21 bits per heavy atom. The number of nitrogens with one attached hydrogen (secondary N) is 1. The van der Waals surface area contributed by atoms with Crippen LogP contribution in [0.5, 0.6) is 0 Å². The largest absolute Gasteiger partial charge is 0.417 e. The van der Waals surface area contributed by atoms with Crippen molar-refractivity contribution in [1.29, 1.82) is 0 Å². The molecule has 1 amide bonds. The van der Waals surface area contributed by atoms with E-state index in [0.29, 0.717) is 18.2 Å². The van der Waals surface area contributed by atoms with Crippen LogP contribution in [-0.4, -0.2) is 24.4 Å². The van der Waals surface area contributed by atoms with E-state index in [1.807, 2.05) is 0 Å². The first kappa shape index (κ1) is 22.7. The van der Waals surface area contributed by atoms with Crippen molar-refractivity contribution < 1.29 is 22.8 Å². The molecular formula is C18H13Cl3F3NO2S. The van der Waals surface area contributed by atoms with Gasteiger partial charge in [0.15, 0.2) is 5.78 Å². The third kappa shape index (κ3) is 5.08. The van der Waals surface area contributed by atoms with Gasteiger partial charge in [-0.05, 0) is 49.2 Å². The lowest BCUT2D eigenvalue weighted by atomic mass is 10.0. The van der Waals surface area contributed by atoms with Gasteiger partial charge in [-0.15, -0.1) is 11.3 Å². The van der Waals surface area contributed by atoms with Crippen molar-refractivity contribution in [3.8, 4) is 0 Å². The fourth-order valence-corrected chi connectivity index (χ4v) is 3.91. The summed E-state index contributed by atoms with van der Waals surface area (Å²) in [5, 5.41) is 2.17. The Morgan fingerprint density at radius 1 is 1.14 bits per heavy atom. The molecule has 1 aromatic carbocycles. The van der Waals surface area contributed by atoms with Gasteiger partial charge in [0.2, 0.25) is 0 Å². The van der Waals surface area contributed by atoms with Crippen LogP contribution in [0.1, 0.15) is 37.4 Å². The smallest absolute Gasteiger partial charge is 0.352 e. The predicted molar refractivity (Wildman–Crippen MR) is 107 cm³/mol. The zero-order valence-corrected chi connectivity index (χ0v) is 17.6. The number of aryl methyl sites for hydroxylation is 1. The highest BCUT2D eigenvalue weighted by Gasteiger charge is 2.36. The third-order valence-corrected chi connectivity index (χ3v) is 6.03. The van der Waals surface area contributed by atoms with Crippen molar-refractivity contribution >= 4 is 63.4 Å². The summed E-state index contributed by atoms with van der Waals surface area (Å²) < 4.78 is 40.7. The first-order valence-electron chi connectivity index (χ1n) is 7.82. The molecule has 0 aliphatic rings. The van der Waals surface area contributed by atoms with Crippen LogP contribution in [0.3, 0.4) is 0 Å². The van der Waals surface area contributed by atoms with Crippen LogP contribution in [0.2, 0.25) is 15.1 Å². The lowest BCUT2D eigenvalue weighted by molar-refractivity contribution is -0.0689. The fraction of sp³-hybridized carbons (Fsp3) is 0.222. The molecule has 1 aromatic heterocycles. The standard InChI is InChI=1S/C18H13Cl3F3NO2S/c1-3-25-17(27)16-8(2)4-14(28-16)13(26)7-10(18(22,23)24)9-5-11(19)15(21)12(20)6-9/h4-7H,3H2,1-2H3,(H,25,27)/b10-7-. The van der Waals surface area contributed by atoms with E-state index in [2.05, 4.69) is 5.32 Å². The van der Waals surface area contributed by atoms with E-state index < -0.39 is 23.1 Å². The minimum absolute atomic E-state index is 0.00617. The van der Waals surface area contributed by atoms with E-state index in [0.717, 1.165) is 23.5 Å². The molecule has 0 bridgehead atoms. The number of carbonyl (C=O) groups excluding carboxylic acids is 2. The minimum atomic E-state index is -4.84. The monoisotopic (exact) mass is 469 g/mol. The Bertz CT molecular complexity index is 944. The zero-order valence-electron chi connectivity index (χ0n) is 14.5. The number of halogens is 6. The van der Waals surface area contributed by atoms with Gasteiger partial charge in [0.1, 0.15) is 0 Å². The predicted octanol–water partition coefficient (Wildman–Crippen LogP) is 6.60. The van der Waals surface area contributed by atoms with Crippen molar-refractivity contribution in [2.24, 2.45) is 0 Å². The van der Waals surface area contributed by atoms with E-state index in [9.17, 15) is 22.8 Å². The molecule has 0 atom stereocenters. The van der Waals surface area contributed by atoms with Crippen molar-refractivity contribution in [2.75, 3.05) is 6.54 Å². The van der Waals surface area contributed by atoms with Crippen LogP contribution in [0, 0.1) is 6.92 Å². The molecule has 0 fully saturated rings. The fourth-order valence-electron chi connectivity index (χ4n) is 2.31. The van der Waals surface area contributed by atoms with E-state index in [1.165, 1.54) is 6.07 Å². The molecule has 3 nitrogen and oxygen atoms in total. The highest BCUT2D eigenvalue weighted by Crippen LogP contribution is 2.39. The molecule has 10 heteroatoms. The molecule has 28 heavy (non-hydrogen) atoms. The second kappa shape index (κ2) is 8.86. The zero-order chi connectivity index (χ0) is 21.2. The molecule has 0 aliphatic heterocycles. The summed E-state index contributed by atoms with van der Waals surface area (Å²) in [6.07, 6.45) is -4.38. The quantitative estimate of drug-likeness (QED) is 0.304. The third-order valence-electron chi connectivity index (χ3n) is 3.58. The summed E-state index contributed by atoms with van der Waals surface area (Å²) in [7, 11) is 0. The molecule has 0 saturated heterocycles. The number of hydrogen-bond acceptors (Lipinski definition) is 3. The second-order valence-corrected chi connectivity index (χ2v) is 7.90. The van der Waals surface area contributed by atoms with Gasteiger partial charge >= 0.3 is 6.18 Å². The first-order valence-corrected chi connectivity index (χ1v) is 9.77. The van der Waals surface area contributed by atoms with Crippen LogP contribution in [-0.2, 0) is 0 Å². The number of carbonyl (C=O) groups is 2. The number of allylic oxidation sites excluding steroid dienone is 2. The summed E-state index contributed by atoms with van der Waals surface area (Å²) in [6, 6.07) is 3.36.